The summed E-state index contributed by atoms with van der Waals surface area (Å²) in [6.07, 6.45) is 0.303. The smallest absolute Gasteiger partial charge is 0.251 e. The van der Waals surface area contributed by atoms with E-state index >= 15 is 0 Å². The molecule has 0 spiro atoms. The molecule has 1 aliphatic rings. The standard InChI is InChI=1S/C10H20N2O2/c1-3-4-11-5-7-12(8-6-11)10(14)9(2)13/h9,13H,3-8H2,1-2H3/t9-/m0/s1. The van der Waals surface area contributed by atoms with E-state index in [-0.39, 0.29) is 5.91 Å². The number of hydrogen-bond donors (Lipinski definition) is 1. The summed E-state index contributed by atoms with van der Waals surface area (Å²) in [4.78, 5) is 15.5. The van der Waals surface area contributed by atoms with Crippen LogP contribution in [0.5, 0.6) is 0 Å². The van der Waals surface area contributed by atoms with E-state index in [9.17, 15) is 4.79 Å². The number of carbonyl (C=O) groups excluding carboxylic acids is 1. The van der Waals surface area contributed by atoms with Gasteiger partial charge in [-0.15, -0.1) is 0 Å². The fourth-order valence-electron chi connectivity index (χ4n) is 1.77. The van der Waals surface area contributed by atoms with Crippen molar-refractivity contribution in [1.29, 1.82) is 0 Å². The minimum absolute atomic E-state index is 0.138. The predicted octanol–water partition coefficient (Wildman–Crippen LogP) is -0.0786. The van der Waals surface area contributed by atoms with E-state index in [0.29, 0.717) is 0 Å². The Labute approximate surface area is 85.5 Å². The highest BCUT2D eigenvalue weighted by molar-refractivity contribution is 5.80. The van der Waals surface area contributed by atoms with Gasteiger partial charge in [0.2, 0.25) is 0 Å². The van der Waals surface area contributed by atoms with Crippen LogP contribution in [0.1, 0.15) is 20.3 Å². The third kappa shape index (κ3) is 2.96. The van der Waals surface area contributed by atoms with Gasteiger partial charge in [0.15, 0.2) is 0 Å². The van der Waals surface area contributed by atoms with E-state index in [1.807, 2.05) is 0 Å². The molecular formula is C10H20N2O2. The number of aliphatic hydroxyl groups is 1. The van der Waals surface area contributed by atoms with Crippen molar-refractivity contribution >= 4 is 5.91 Å². The number of carbonyl (C=O) groups is 1. The van der Waals surface area contributed by atoms with Crippen LogP contribution >= 0.6 is 0 Å². The number of piperazine rings is 1. The quantitative estimate of drug-likeness (QED) is 0.693. The minimum Gasteiger partial charge on any atom is -0.384 e. The molecule has 1 amide bonds. The van der Waals surface area contributed by atoms with E-state index in [0.717, 1.165) is 39.1 Å². The maximum Gasteiger partial charge on any atom is 0.251 e. The lowest BCUT2D eigenvalue weighted by molar-refractivity contribution is -0.141. The van der Waals surface area contributed by atoms with Crippen LogP contribution in [0.25, 0.3) is 0 Å². The summed E-state index contributed by atoms with van der Waals surface area (Å²) in [7, 11) is 0. The fraction of sp³-hybridized carbons (Fsp3) is 0.900. The lowest BCUT2D eigenvalue weighted by atomic mass is 10.2. The Hall–Kier alpha value is -0.610. The van der Waals surface area contributed by atoms with Crippen LogP contribution in [0.3, 0.4) is 0 Å². The van der Waals surface area contributed by atoms with Crippen LogP contribution in [0.4, 0.5) is 0 Å². The summed E-state index contributed by atoms with van der Waals surface area (Å²) >= 11 is 0. The second-order valence-corrected chi connectivity index (χ2v) is 3.84. The minimum atomic E-state index is -0.854. The van der Waals surface area contributed by atoms with Gasteiger partial charge in [-0.1, -0.05) is 6.92 Å². The van der Waals surface area contributed by atoms with E-state index in [4.69, 9.17) is 5.11 Å². The molecule has 4 nitrogen and oxygen atoms in total. The second kappa shape index (κ2) is 5.32. The van der Waals surface area contributed by atoms with Gasteiger partial charge in [-0.05, 0) is 19.9 Å². The van der Waals surface area contributed by atoms with Crippen molar-refractivity contribution in [3.05, 3.63) is 0 Å². The average Bonchev–Trinajstić information content (AvgIpc) is 2.18. The van der Waals surface area contributed by atoms with Gasteiger partial charge in [0.05, 0.1) is 0 Å². The molecule has 0 unspecified atom stereocenters. The normalized spacial score (nSPS) is 20.9. The molecule has 0 aromatic heterocycles. The van der Waals surface area contributed by atoms with Crippen molar-refractivity contribution in [2.75, 3.05) is 32.7 Å². The Balaban J connectivity index is 2.32. The van der Waals surface area contributed by atoms with Gasteiger partial charge in [0, 0.05) is 26.2 Å². The Morgan fingerprint density at radius 3 is 2.36 bits per heavy atom. The van der Waals surface area contributed by atoms with Gasteiger partial charge in [-0.3, -0.25) is 9.69 Å². The van der Waals surface area contributed by atoms with Crippen LogP contribution in [0.15, 0.2) is 0 Å². The first kappa shape index (κ1) is 11.5. The Morgan fingerprint density at radius 1 is 1.36 bits per heavy atom. The molecule has 1 heterocycles. The largest absolute Gasteiger partial charge is 0.384 e. The predicted molar refractivity (Wildman–Crippen MR) is 55.0 cm³/mol. The number of rotatable bonds is 3. The summed E-state index contributed by atoms with van der Waals surface area (Å²) < 4.78 is 0. The zero-order chi connectivity index (χ0) is 10.6. The van der Waals surface area contributed by atoms with Crippen molar-refractivity contribution in [2.24, 2.45) is 0 Å². The molecule has 1 saturated heterocycles. The highest BCUT2D eigenvalue weighted by atomic mass is 16.3. The monoisotopic (exact) mass is 200 g/mol. The Bertz CT molecular complexity index is 187. The molecule has 0 aromatic rings. The third-order valence-corrected chi connectivity index (χ3v) is 2.58. The molecule has 1 atom stereocenters. The molecule has 0 aromatic carbocycles. The van der Waals surface area contributed by atoms with E-state index in [2.05, 4.69) is 11.8 Å². The Kier molecular flexibility index (Phi) is 4.35. The second-order valence-electron chi connectivity index (χ2n) is 3.84. The molecule has 0 saturated carbocycles. The molecule has 0 radical (unpaired) electrons. The summed E-state index contributed by atoms with van der Waals surface area (Å²) in [5.74, 6) is -0.138. The van der Waals surface area contributed by atoms with E-state index in [1.54, 1.807) is 4.90 Å². The first-order valence-corrected chi connectivity index (χ1v) is 5.34. The van der Waals surface area contributed by atoms with E-state index in [1.165, 1.54) is 6.92 Å². The number of nitrogens with zero attached hydrogens (tertiary/aromatic N) is 2. The fourth-order valence-corrected chi connectivity index (χ4v) is 1.77. The van der Waals surface area contributed by atoms with Crippen LogP contribution in [0, 0.1) is 0 Å². The molecule has 1 fully saturated rings. The van der Waals surface area contributed by atoms with Crippen LogP contribution < -0.4 is 0 Å². The first-order valence-electron chi connectivity index (χ1n) is 5.34. The van der Waals surface area contributed by atoms with Crippen molar-refractivity contribution < 1.29 is 9.90 Å². The van der Waals surface area contributed by atoms with Crippen molar-refractivity contribution in [1.82, 2.24) is 9.80 Å². The topological polar surface area (TPSA) is 43.8 Å². The zero-order valence-electron chi connectivity index (χ0n) is 9.07. The van der Waals surface area contributed by atoms with Crippen LogP contribution in [0.2, 0.25) is 0 Å². The highest BCUT2D eigenvalue weighted by Crippen LogP contribution is 2.04. The summed E-state index contributed by atoms with van der Waals surface area (Å²) in [6, 6.07) is 0. The summed E-state index contributed by atoms with van der Waals surface area (Å²) in [5.41, 5.74) is 0. The van der Waals surface area contributed by atoms with Gasteiger partial charge in [0.25, 0.3) is 5.91 Å². The maximum absolute atomic E-state index is 11.4. The molecular weight excluding hydrogens is 180 g/mol. The highest BCUT2D eigenvalue weighted by Gasteiger charge is 2.22. The lowest BCUT2D eigenvalue weighted by Gasteiger charge is -2.35. The lowest BCUT2D eigenvalue weighted by Crippen LogP contribution is -2.51. The molecule has 82 valence electrons. The van der Waals surface area contributed by atoms with Gasteiger partial charge < -0.3 is 10.0 Å². The van der Waals surface area contributed by atoms with Crippen molar-refractivity contribution in [3.63, 3.8) is 0 Å². The summed E-state index contributed by atoms with van der Waals surface area (Å²) in [5, 5.41) is 9.14. The molecule has 4 heteroatoms. The molecule has 1 rings (SSSR count). The van der Waals surface area contributed by atoms with Crippen LogP contribution in [-0.4, -0.2) is 59.6 Å². The average molecular weight is 200 g/mol. The maximum atomic E-state index is 11.4. The molecule has 0 aliphatic carbocycles. The molecule has 1 aliphatic heterocycles. The van der Waals surface area contributed by atoms with Gasteiger partial charge in [-0.25, -0.2) is 0 Å². The Morgan fingerprint density at radius 2 is 1.93 bits per heavy atom. The van der Waals surface area contributed by atoms with Gasteiger partial charge >= 0.3 is 0 Å². The zero-order valence-corrected chi connectivity index (χ0v) is 9.07. The van der Waals surface area contributed by atoms with Crippen molar-refractivity contribution in [3.8, 4) is 0 Å². The van der Waals surface area contributed by atoms with Crippen LogP contribution in [-0.2, 0) is 4.79 Å². The van der Waals surface area contributed by atoms with E-state index < -0.39 is 6.10 Å². The van der Waals surface area contributed by atoms with Gasteiger partial charge in [0.1, 0.15) is 6.10 Å². The van der Waals surface area contributed by atoms with Crippen molar-refractivity contribution in [2.45, 2.75) is 26.4 Å². The number of aliphatic hydroxyl groups excluding tert-OH is 1. The summed E-state index contributed by atoms with van der Waals surface area (Å²) in [6.45, 7) is 8.18. The number of amides is 1. The third-order valence-electron chi connectivity index (χ3n) is 2.58. The molecule has 14 heavy (non-hydrogen) atoms. The molecule has 1 N–H and O–H groups in total. The first-order chi connectivity index (χ1) is 6.65. The number of hydrogen-bond acceptors (Lipinski definition) is 3. The van der Waals surface area contributed by atoms with Gasteiger partial charge in [-0.2, -0.15) is 0 Å². The SMILES string of the molecule is CCCN1CCN(C(=O)[C@H](C)O)CC1. The molecule has 0 bridgehead atoms.